The number of hydrogen-bond acceptors (Lipinski definition) is 4. The van der Waals surface area contributed by atoms with E-state index in [4.69, 9.17) is 11.6 Å². The van der Waals surface area contributed by atoms with Crippen LogP contribution in [-0.2, 0) is 4.79 Å². The van der Waals surface area contributed by atoms with Gasteiger partial charge in [-0.3, -0.25) is 19.7 Å². The summed E-state index contributed by atoms with van der Waals surface area (Å²) in [7, 11) is 1.64. The van der Waals surface area contributed by atoms with Crippen LogP contribution < -0.4 is 4.90 Å². The lowest BCUT2D eigenvalue weighted by Gasteiger charge is -2.26. The van der Waals surface area contributed by atoms with Crippen molar-refractivity contribution in [2.24, 2.45) is 0 Å². The third-order valence-corrected chi connectivity index (χ3v) is 5.34. The number of nitrogens with zero attached hydrogens (tertiary/aromatic N) is 3. The molecule has 0 spiro atoms. The molecule has 0 saturated carbocycles. The third-order valence-electron chi connectivity index (χ3n) is 5.02. The molecule has 1 aliphatic heterocycles. The van der Waals surface area contributed by atoms with E-state index in [1.807, 2.05) is 0 Å². The van der Waals surface area contributed by atoms with Gasteiger partial charge in [-0.05, 0) is 37.1 Å². The van der Waals surface area contributed by atoms with E-state index in [2.05, 4.69) is 0 Å². The molecule has 1 heterocycles. The van der Waals surface area contributed by atoms with Gasteiger partial charge in [0, 0.05) is 37.7 Å². The van der Waals surface area contributed by atoms with Gasteiger partial charge in [0.2, 0.25) is 5.91 Å². The van der Waals surface area contributed by atoms with E-state index in [0.717, 1.165) is 6.42 Å². The highest BCUT2D eigenvalue weighted by molar-refractivity contribution is 6.34. The second-order valence-corrected chi connectivity index (χ2v) is 7.17. The number of hydrogen-bond donors (Lipinski definition) is 0. The minimum absolute atomic E-state index is 0.00943. The van der Waals surface area contributed by atoms with Crippen LogP contribution in [0.4, 0.5) is 11.4 Å². The standard InChI is InChI=1S/C20H20ClN3O4/c1-13(14-5-3-6-16(11-14)24(27)28)22(2)20(26)15-8-9-17(21)18(12-15)23-10-4-7-19(23)25/h3,5-6,8-9,11-13H,4,7,10H2,1-2H3/t13-/m0/s1. The molecule has 2 aromatic rings. The van der Waals surface area contributed by atoms with Crippen molar-refractivity contribution in [1.29, 1.82) is 0 Å². The van der Waals surface area contributed by atoms with Crippen LogP contribution in [-0.4, -0.2) is 35.2 Å². The van der Waals surface area contributed by atoms with Gasteiger partial charge < -0.3 is 9.80 Å². The Morgan fingerprint density at radius 3 is 2.68 bits per heavy atom. The zero-order valence-corrected chi connectivity index (χ0v) is 16.3. The van der Waals surface area contributed by atoms with Crippen LogP contribution in [0, 0.1) is 10.1 Å². The zero-order valence-electron chi connectivity index (χ0n) is 15.6. The largest absolute Gasteiger partial charge is 0.335 e. The first-order chi connectivity index (χ1) is 13.3. The van der Waals surface area contributed by atoms with Crippen molar-refractivity contribution in [3.05, 3.63) is 68.7 Å². The number of nitro groups is 1. The molecule has 8 heteroatoms. The van der Waals surface area contributed by atoms with Crippen LogP contribution >= 0.6 is 11.6 Å². The van der Waals surface area contributed by atoms with Gasteiger partial charge in [-0.15, -0.1) is 0 Å². The summed E-state index contributed by atoms with van der Waals surface area (Å²) in [6.07, 6.45) is 1.23. The Morgan fingerprint density at radius 1 is 1.29 bits per heavy atom. The third kappa shape index (κ3) is 3.84. The lowest BCUT2D eigenvalue weighted by atomic mass is 10.1. The van der Waals surface area contributed by atoms with Crippen LogP contribution in [0.5, 0.6) is 0 Å². The smallest absolute Gasteiger partial charge is 0.269 e. The number of carbonyl (C=O) groups excluding carboxylic acids is 2. The summed E-state index contributed by atoms with van der Waals surface area (Å²) in [5.41, 5.74) is 1.57. The molecule has 0 bridgehead atoms. The molecule has 0 N–H and O–H groups in total. The van der Waals surface area contributed by atoms with E-state index in [-0.39, 0.29) is 23.5 Å². The minimum atomic E-state index is -0.462. The highest BCUT2D eigenvalue weighted by Gasteiger charge is 2.26. The highest BCUT2D eigenvalue weighted by Crippen LogP contribution is 2.31. The minimum Gasteiger partial charge on any atom is -0.335 e. The predicted octanol–water partition coefficient (Wildman–Crippen LogP) is 4.21. The van der Waals surface area contributed by atoms with Gasteiger partial charge in [-0.25, -0.2) is 0 Å². The first kappa shape index (κ1) is 19.8. The SMILES string of the molecule is C[C@@H](c1cccc([N+](=O)[O-])c1)N(C)C(=O)c1ccc(Cl)c(N2CCCC2=O)c1. The van der Waals surface area contributed by atoms with Crippen molar-refractivity contribution in [3.8, 4) is 0 Å². The summed E-state index contributed by atoms with van der Waals surface area (Å²) in [6, 6.07) is 10.7. The number of nitro benzene ring substituents is 1. The van der Waals surface area contributed by atoms with E-state index in [1.165, 1.54) is 17.0 Å². The van der Waals surface area contributed by atoms with Gasteiger partial charge in [0.25, 0.3) is 11.6 Å². The molecule has 0 radical (unpaired) electrons. The fourth-order valence-electron chi connectivity index (χ4n) is 3.26. The molecule has 1 saturated heterocycles. The highest BCUT2D eigenvalue weighted by atomic mass is 35.5. The van der Waals surface area contributed by atoms with Crippen molar-refractivity contribution in [1.82, 2.24) is 4.90 Å². The van der Waals surface area contributed by atoms with Gasteiger partial charge in [0.05, 0.1) is 21.7 Å². The predicted molar refractivity (Wildman–Crippen MR) is 107 cm³/mol. The van der Waals surface area contributed by atoms with Crippen LogP contribution in [0.25, 0.3) is 0 Å². The maximum absolute atomic E-state index is 13.0. The fourth-order valence-corrected chi connectivity index (χ4v) is 3.48. The lowest BCUT2D eigenvalue weighted by Crippen LogP contribution is -2.30. The molecule has 0 aromatic heterocycles. The first-order valence-electron chi connectivity index (χ1n) is 8.91. The molecule has 1 fully saturated rings. The molecule has 0 aliphatic carbocycles. The Morgan fingerprint density at radius 2 is 2.04 bits per heavy atom. The Kier molecular flexibility index (Phi) is 5.65. The maximum Gasteiger partial charge on any atom is 0.269 e. The second kappa shape index (κ2) is 7.98. The van der Waals surface area contributed by atoms with Crippen molar-refractivity contribution in [2.75, 3.05) is 18.5 Å². The molecule has 1 atom stereocenters. The summed E-state index contributed by atoms with van der Waals surface area (Å²) in [5.74, 6) is -0.270. The van der Waals surface area contributed by atoms with Gasteiger partial charge >= 0.3 is 0 Å². The number of anilines is 1. The van der Waals surface area contributed by atoms with E-state index >= 15 is 0 Å². The number of rotatable bonds is 5. The van der Waals surface area contributed by atoms with Gasteiger partial charge in [-0.1, -0.05) is 23.7 Å². The Hall–Kier alpha value is -2.93. The summed E-state index contributed by atoms with van der Waals surface area (Å²) in [5, 5.41) is 11.4. The maximum atomic E-state index is 13.0. The Labute approximate surface area is 167 Å². The number of non-ortho nitro benzene ring substituents is 1. The molecule has 2 amide bonds. The van der Waals surface area contributed by atoms with Gasteiger partial charge in [0.15, 0.2) is 0 Å². The molecule has 2 aromatic carbocycles. The van der Waals surface area contributed by atoms with E-state index in [9.17, 15) is 19.7 Å². The average molecular weight is 402 g/mol. The molecular formula is C20H20ClN3O4. The van der Waals surface area contributed by atoms with E-state index in [1.54, 1.807) is 49.2 Å². The van der Waals surface area contributed by atoms with E-state index in [0.29, 0.717) is 34.8 Å². The molecule has 3 rings (SSSR count). The quantitative estimate of drug-likeness (QED) is 0.555. The van der Waals surface area contributed by atoms with Crippen molar-refractivity contribution in [2.45, 2.75) is 25.8 Å². The Balaban J connectivity index is 1.86. The molecule has 28 heavy (non-hydrogen) atoms. The topological polar surface area (TPSA) is 83.8 Å². The number of amides is 2. The first-order valence-corrected chi connectivity index (χ1v) is 9.29. The van der Waals surface area contributed by atoms with Gasteiger partial charge in [0.1, 0.15) is 0 Å². The van der Waals surface area contributed by atoms with Crippen LogP contribution in [0.2, 0.25) is 5.02 Å². The normalized spacial score (nSPS) is 14.8. The molecule has 0 unspecified atom stereocenters. The summed E-state index contributed by atoms with van der Waals surface area (Å²) >= 11 is 6.25. The fraction of sp³-hybridized carbons (Fsp3) is 0.300. The van der Waals surface area contributed by atoms with Crippen molar-refractivity contribution in [3.63, 3.8) is 0 Å². The van der Waals surface area contributed by atoms with Gasteiger partial charge in [-0.2, -0.15) is 0 Å². The second-order valence-electron chi connectivity index (χ2n) is 6.76. The number of benzene rings is 2. The van der Waals surface area contributed by atoms with Crippen LogP contribution in [0.1, 0.15) is 41.7 Å². The number of carbonyl (C=O) groups is 2. The Bertz CT molecular complexity index is 947. The lowest BCUT2D eigenvalue weighted by molar-refractivity contribution is -0.384. The molecule has 146 valence electrons. The summed E-state index contributed by atoms with van der Waals surface area (Å²) in [6.45, 7) is 2.38. The van der Waals surface area contributed by atoms with Crippen LogP contribution in [0.3, 0.4) is 0 Å². The molecular weight excluding hydrogens is 382 g/mol. The molecule has 1 aliphatic rings. The zero-order chi connectivity index (χ0) is 20.4. The van der Waals surface area contributed by atoms with E-state index < -0.39 is 4.92 Å². The summed E-state index contributed by atoms with van der Waals surface area (Å²) < 4.78 is 0. The van der Waals surface area contributed by atoms with Crippen molar-refractivity contribution >= 4 is 34.8 Å². The number of halogens is 1. The van der Waals surface area contributed by atoms with Crippen molar-refractivity contribution < 1.29 is 14.5 Å². The molecule has 7 nitrogen and oxygen atoms in total. The monoisotopic (exact) mass is 401 g/mol. The average Bonchev–Trinajstić information content (AvgIpc) is 3.12. The summed E-state index contributed by atoms with van der Waals surface area (Å²) in [4.78, 5) is 38.7. The van der Waals surface area contributed by atoms with Crippen LogP contribution in [0.15, 0.2) is 42.5 Å².